The van der Waals surface area contributed by atoms with Gasteiger partial charge in [0.2, 0.25) is 0 Å². The van der Waals surface area contributed by atoms with Crippen LogP contribution in [0.2, 0.25) is 0 Å². The molecule has 0 saturated carbocycles. The van der Waals surface area contributed by atoms with Gasteiger partial charge < -0.3 is 15.4 Å². The van der Waals surface area contributed by atoms with E-state index in [4.69, 9.17) is 4.74 Å². The molecule has 6 nitrogen and oxygen atoms in total. The molecule has 1 aromatic heterocycles. The van der Waals surface area contributed by atoms with Crippen LogP contribution in [0.5, 0.6) is 0 Å². The van der Waals surface area contributed by atoms with Crippen LogP contribution >= 0.6 is 0 Å². The molecule has 0 bridgehead atoms. The maximum atomic E-state index is 5.61. The zero-order valence-corrected chi connectivity index (χ0v) is 16.1. The third kappa shape index (κ3) is 7.27. The van der Waals surface area contributed by atoms with E-state index in [-0.39, 0.29) is 0 Å². The van der Waals surface area contributed by atoms with Crippen molar-refractivity contribution < 1.29 is 4.74 Å². The van der Waals surface area contributed by atoms with E-state index in [0.717, 1.165) is 49.9 Å². The highest BCUT2D eigenvalue weighted by atomic mass is 16.5. The van der Waals surface area contributed by atoms with Crippen LogP contribution in [0.1, 0.15) is 32.8 Å². The minimum atomic E-state index is 0.583. The summed E-state index contributed by atoms with van der Waals surface area (Å²) in [6.07, 6.45) is 4.68. The molecule has 1 heterocycles. The van der Waals surface area contributed by atoms with E-state index in [2.05, 4.69) is 53.6 Å². The van der Waals surface area contributed by atoms with Crippen LogP contribution in [0.25, 0.3) is 5.69 Å². The Morgan fingerprint density at radius 1 is 1.27 bits per heavy atom. The average Bonchev–Trinajstić information content (AvgIpc) is 3.17. The topological polar surface area (TPSA) is 63.5 Å². The molecular formula is C20H31N5O. The van der Waals surface area contributed by atoms with Crippen LogP contribution in [0.3, 0.4) is 0 Å². The number of nitrogens with one attached hydrogen (secondary N) is 2. The van der Waals surface area contributed by atoms with Gasteiger partial charge >= 0.3 is 0 Å². The SMILES string of the molecule is CCNC(=NCc1cccc(-n2cccn2)c1)NCCCOCC(C)C. The summed E-state index contributed by atoms with van der Waals surface area (Å²) < 4.78 is 7.46. The van der Waals surface area contributed by atoms with Gasteiger partial charge in [-0.3, -0.25) is 0 Å². The van der Waals surface area contributed by atoms with Crippen molar-refractivity contribution >= 4 is 5.96 Å². The second kappa shape index (κ2) is 11.3. The molecule has 2 rings (SSSR count). The van der Waals surface area contributed by atoms with E-state index in [9.17, 15) is 0 Å². The van der Waals surface area contributed by atoms with E-state index in [0.29, 0.717) is 12.5 Å². The Balaban J connectivity index is 1.83. The van der Waals surface area contributed by atoms with Crippen LogP contribution in [-0.2, 0) is 11.3 Å². The molecule has 1 aromatic carbocycles. The summed E-state index contributed by atoms with van der Waals surface area (Å²) in [5, 5.41) is 10.9. The molecular weight excluding hydrogens is 326 g/mol. The van der Waals surface area contributed by atoms with Gasteiger partial charge in [-0.25, -0.2) is 9.67 Å². The lowest BCUT2D eigenvalue weighted by molar-refractivity contribution is 0.108. The number of benzene rings is 1. The molecule has 0 aliphatic rings. The van der Waals surface area contributed by atoms with E-state index >= 15 is 0 Å². The zero-order valence-electron chi connectivity index (χ0n) is 16.1. The predicted octanol–water partition coefficient (Wildman–Crippen LogP) is 2.99. The van der Waals surface area contributed by atoms with Crippen LogP contribution in [-0.4, -0.2) is 42.0 Å². The highest BCUT2D eigenvalue weighted by molar-refractivity contribution is 5.79. The van der Waals surface area contributed by atoms with Gasteiger partial charge in [0, 0.05) is 38.7 Å². The highest BCUT2D eigenvalue weighted by Gasteiger charge is 2.01. The number of aromatic nitrogens is 2. The Morgan fingerprint density at radius 3 is 2.88 bits per heavy atom. The normalized spacial score (nSPS) is 11.8. The Kier molecular flexibility index (Phi) is 8.69. The number of aliphatic imine (C=N–C) groups is 1. The lowest BCUT2D eigenvalue weighted by atomic mass is 10.2. The average molecular weight is 358 g/mol. The second-order valence-electron chi connectivity index (χ2n) is 6.56. The molecule has 0 atom stereocenters. The van der Waals surface area contributed by atoms with Crippen molar-refractivity contribution in [2.45, 2.75) is 33.7 Å². The Bertz CT molecular complexity index is 652. The largest absolute Gasteiger partial charge is 0.381 e. The summed E-state index contributed by atoms with van der Waals surface area (Å²) in [4.78, 5) is 4.68. The fourth-order valence-corrected chi connectivity index (χ4v) is 2.43. The van der Waals surface area contributed by atoms with Crippen LogP contribution in [0.15, 0.2) is 47.7 Å². The lowest BCUT2D eigenvalue weighted by Gasteiger charge is -2.12. The molecule has 2 aromatic rings. The van der Waals surface area contributed by atoms with Crippen molar-refractivity contribution in [1.29, 1.82) is 0 Å². The highest BCUT2D eigenvalue weighted by Crippen LogP contribution is 2.10. The van der Waals surface area contributed by atoms with Gasteiger partial charge in [-0.05, 0) is 43.0 Å². The molecule has 0 radical (unpaired) electrons. The quantitative estimate of drug-likeness (QED) is 0.390. The summed E-state index contributed by atoms with van der Waals surface area (Å²) >= 11 is 0. The summed E-state index contributed by atoms with van der Waals surface area (Å²) in [6.45, 7) is 10.3. The lowest BCUT2D eigenvalue weighted by Crippen LogP contribution is -2.38. The molecule has 0 amide bonds. The van der Waals surface area contributed by atoms with Gasteiger partial charge in [-0.2, -0.15) is 5.10 Å². The number of ether oxygens (including phenoxy) is 1. The fraction of sp³-hybridized carbons (Fsp3) is 0.500. The van der Waals surface area contributed by atoms with Crippen LogP contribution in [0, 0.1) is 5.92 Å². The monoisotopic (exact) mass is 357 g/mol. The molecule has 0 saturated heterocycles. The van der Waals surface area contributed by atoms with E-state index in [1.54, 1.807) is 6.20 Å². The Hall–Kier alpha value is -2.34. The first-order valence-corrected chi connectivity index (χ1v) is 9.38. The van der Waals surface area contributed by atoms with Gasteiger partial charge in [0.05, 0.1) is 12.2 Å². The van der Waals surface area contributed by atoms with Crippen molar-refractivity contribution in [3.63, 3.8) is 0 Å². The van der Waals surface area contributed by atoms with Crippen LogP contribution < -0.4 is 10.6 Å². The van der Waals surface area contributed by atoms with Crippen molar-refractivity contribution in [3.8, 4) is 5.69 Å². The summed E-state index contributed by atoms with van der Waals surface area (Å²) in [5.41, 5.74) is 2.19. The number of hydrogen-bond acceptors (Lipinski definition) is 3. The van der Waals surface area contributed by atoms with E-state index in [1.807, 2.05) is 29.1 Å². The van der Waals surface area contributed by atoms with Gasteiger partial charge in [0.15, 0.2) is 5.96 Å². The molecule has 0 spiro atoms. The minimum absolute atomic E-state index is 0.583. The molecule has 26 heavy (non-hydrogen) atoms. The Morgan fingerprint density at radius 2 is 2.15 bits per heavy atom. The van der Waals surface area contributed by atoms with Crippen LogP contribution in [0.4, 0.5) is 0 Å². The van der Waals surface area contributed by atoms with Crippen molar-refractivity contribution in [3.05, 3.63) is 48.3 Å². The molecule has 0 aliphatic carbocycles. The molecule has 6 heteroatoms. The molecule has 0 aliphatic heterocycles. The second-order valence-corrected chi connectivity index (χ2v) is 6.56. The fourth-order valence-electron chi connectivity index (χ4n) is 2.43. The first kappa shape index (κ1) is 20.0. The minimum Gasteiger partial charge on any atom is -0.381 e. The first-order chi connectivity index (χ1) is 12.7. The number of nitrogens with zero attached hydrogens (tertiary/aromatic N) is 3. The van der Waals surface area contributed by atoms with Crippen molar-refractivity contribution in [2.24, 2.45) is 10.9 Å². The van der Waals surface area contributed by atoms with Gasteiger partial charge in [0.25, 0.3) is 0 Å². The summed E-state index contributed by atoms with van der Waals surface area (Å²) in [7, 11) is 0. The van der Waals surface area contributed by atoms with Gasteiger partial charge in [0.1, 0.15) is 0 Å². The van der Waals surface area contributed by atoms with Gasteiger partial charge in [-0.15, -0.1) is 0 Å². The maximum absolute atomic E-state index is 5.61. The van der Waals surface area contributed by atoms with E-state index < -0.39 is 0 Å². The third-order valence-electron chi connectivity index (χ3n) is 3.65. The smallest absolute Gasteiger partial charge is 0.191 e. The summed E-state index contributed by atoms with van der Waals surface area (Å²) in [5.74, 6) is 1.42. The molecule has 142 valence electrons. The molecule has 0 fully saturated rings. The number of guanidine groups is 1. The van der Waals surface area contributed by atoms with E-state index in [1.165, 1.54) is 0 Å². The zero-order chi connectivity index (χ0) is 18.6. The number of rotatable bonds is 10. The summed E-state index contributed by atoms with van der Waals surface area (Å²) in [6, 6.07) is 10.2. The Labute approximate surface area is 156 Å². The first-order valence-electron chi connectivity index (χ1n) is 9.38. The molecule has 0 unspecified atom stereocenters. The third-order valence-corrected chi connectivity index (χ3v) is 3.65. The number of hydrogen-bond donors (Lipinski definition) is 2. The van der Waals surface area contributed by atoms with Crippen molar-refractivity contribution in [1.82, 2.24) is 20.4 Å². The van der Waals surface area contributed by atoms with Gasteiger partial charge in [-0.1, -0.05) is 26.0 Å². The van der Waals surface area contributed by atoms with Crippen molar-refractivity contribution in [2.75, 3.05) is 26.3 Å². The standard InChI is InChI=1S/C20H31N5O/c1-4-21-20(22-10-7-13-26-16-17(2)3)23-15-18-8-5-9-19(14-18)25-12-6-11-24-25/h5-6,8-9,11-12,14,17H,4,7,10,13,15-16H2,1-3H3,(H2,21,22,23). The molecule has 2 N–H and O–H groups in total. The maximum Gasteiger partial charge on any atom is 0.191 e. The predicted molar refractivity (Wildman–Crippen MR) is 107 cm³/mol.